The second-order valence-corrected chi connectivity index (χ2v) is 7.89. The van der Waals surface area contributed by atoms with E-state index in [1.165, 1.54) is 24.3 Å². The Balaban J connectivity index is 1.53. The van der Waals surface area contributed by atoms with E-state index < -0.39 is 10.9 Å². The average molecular weight is 470 g/mol. The zero-order chi connectivity index (χ0) is 22.8. The highest BCUT2D eigenvalue weighted by atomic mass is 35.5. The van der Waals surface area contributed by atoms with E-state index in [0.29, 0.717) is 27.7 Å². The first-order valence-corrected chi connectivity index (χ1v) is 10.2. The van der Waals surface area contributed by atoms with Crippen molar-refractivity contribution in [2.24, 2.45) is 4.99 Å². The molecule has 1 aromatic heterocycles. The molecular weight excluding hydrogens is 458 g/mol. The minimum Gasteiger partial charge on any atom is -0.478 e. The van der Waals surface area contributed by atoms with E-state index >= 15 is 0 Å². The Hall–Kier alpha value is -3.89. The molecule has 1 aliphatic rings. The van der Waals surface area contributed by atoms with E-state index in [1.807, 2.05) is 0 Å². The van der Waals surface area contributed by atoms with E-state index in [0.717, 1.165) is 11.8 Å². The summed E-state index contributed by atoms with van der Waals surface area (Å²) in [6.45, 7) is 0. The van der Waals surface area contributed by atoms with Gasteiger partial charge in [-0.2, -0.15) is 0 Å². The number of amides is 1. The van der Waals surface area contributed by atoms with Crippen molar-refractivity contribution in [1.82, 2.24) is 5.32 Å². The van der Waals surface area contributed by atoms with Gasteiger partial charge < -0.3 is 14.8 Å². The molecule has 0 saturated carbocycles. The first kappa shape index (κ1) is 21.3. The molecule has 0 atom stereocenters. The van der Waals surface area contributed by atoms with E-state index in [1.54, 1.807) is 36.4 Å². The zero-order valence-corrected chi connectivity index (χ0v) is 17.5. The number of nitro groups is 1. The van der Waals surface area contributed by atoms with Crippen LogP contribution < -0.4 is 5.32 Å². The lowest BCUT2D eigenvalue weighted by Gasteiger charge is -2.01. The topological polar surface area (TPSA) is 135 Å². The Kier molecular flexibility index (Phi) is 5.80. The number of carboxylic acid groups (broad SMARTS) is 1. The van der Waals surface area contributed by atoms with Gasteiger partial charge in [-0.15, -0.1) is 0 Å². The van der Waals surface area contributed by atoms with E-state index in [2.05, 4.69) is 10.3 Å². The number of halogens is 1. The number of carboxylic acids is 1. The number of nitrogens with zero attached hydrogens (tertiary/aromatic N) is 2. The Morgan fingerprint density at radius 2 is 1.94 bits per heavy atom. The molecule has 11 heteroatoms. The standard InChI is InChI=1S/C21H12ClN3O6S/c22-16-7-3-12(9-15(16)20(27)28)23-21-24-19(26)18(32-21)10-14-6-8-17(31-14)11-1-4-13(5-2-11)25(29)30/h1-10H,(H,27,28)(H,23,24,26)/b18-10+. The largest absolute Gasteiger partial charge is 0.478 e. The van der Waals surface area contributed by atoms with Gasteiger partial charge in [0.05, 0.1) is 26.1 Å². The summed E-state index contributed by atoms with van der Waals surface area (Å²) in [6, 6.07) is 13.6. The number of thioether (sulfide) groups is 1. The smallest absolute Gasteiger partial charge is 0.337 e. The molecule has 2 N–H and O–H groups in total. The molecule has 0 bridgehead atoms. The number of carbonyl (C=O) groups is 2. The van der Waals surface area contributed by atoms with Crippen LogP contribution >= 0.6 is 23.4 Å². The maximum Gasteiger partial charge on any atom is 0.337 e. The quantitative estimate of drug-likeness (QED) is 0.301. The number of furan rings is 1. The van der Waals surface area contributed by atoms with Crippen LogP contribution in [0.3, 0.4) is 0 Å². The van der Waals surface area contributed by atoms with Crippen LogP contribution in [0.4, 0.5) is 11.4 Å². The van der Waals surface area contributed by atoms with Crippen LogP contribution in [0.15, 0.2) is 68.9 Å². The van der Waals surface area contributed by atoms with E-state index in [9.17, 15) is 19.7 Å². The summed E-state index contributed by atoms with van der Waals surface area (Å²) in [5, 5.41) is 22.9. The molecule has 0 spiro atoms. The van der Waals surface area contributed by atoms with Crippen molar-refractivity contribution in [3.05, 3.63) is 86.0 Å². The summed E-state index contributed by atoms with van der Waals surface area (Å²) in [5.74, 6) is -0.653. The lowest BCUT2D eigenvalue weighted by molar-refractivity contribution is -0.384. The summed E-state index contributed by atoms with van der Waals surface area (Å²) in [5.41, 5.74) is 0.870. The third kappa shape index (κ3) is 4.56. The third-order valence-electron chi connectivity index (χ3n) is 4.32. The molecule has 0 unspecified atom stereocenters. The van der Waals surface area contributed by atoms with E-state index in [4.69, 9.17) is 21.1 Å². The molecule has 1 saturated heterocycles. The Bertz CT molecular complexity index is 1310. The SMILES string of the molecule is O=C1NC(=Nc2ccc(Cl)c(C(=O)O)c2)S/C1=C/c1ccc(-c2ccc([N+](=O)[O-])cc2)o1. The van der Waals surface area contributed by atoms with Crippen molar-refractivity contribution in [2.45, 2.75) is 0 Å². The predicted molar refractivity (Wildman–Crippen MR) is 120 cm³/mol. The fourth-order valence-electron chi connectivity index (χ4n) is 2.81. The molecule has 1 amide bonds. The predicted octanol–water partition coefficient (Wildman–Crippen LogP) is 5.10. The summed E-state index contributed by atoms with van der Waals surface area (Å²) >= 11 is 6.93. The lowest BCUT2D eigenvalue weighted by Crippen LogP contribution is -2.19. The Labute approximate surface area is 189 Å². The molecule has 2 aromatic carbocycles. The van der Waals surface area contributed by atoms with Gasteiger partial charge >= 0.3 is 5.97 Å². The number of aliphatic imine (C=N–C) groups is 1. The first-order valence-electron chi connectivity index (χ1n) is 8.97. The van der Waals surface area contributed by atoms with Crippen molar-refractivity contribution < 1.29 is 24.0 Å². The highest BCUT2D eigenvalue weighted by molar-refractivity contribution is 8.18. The van der Waals surface area contributed by atoms with Gasteiger partial charge in [0.1, 0.15) is 11.5 Å². The molecule has 0 aliphatic carbocycles. The number of carbonyl (C=O) groups excluding carboxylic acids is 1. The highest BCUT2D eigenvalue weighted by Crippen LogP contribution is 2.31. The van der Waals surface area contributed by atoms with Crippen LogP contribution in [0.1, 0.15) is 16.1 Å². The normalized spacial score (nSPS) is 15.8. The number of benzene rings is 2. The second-order valence-electron chi connectivity index (χ2n) is 6.46. The van der Waals surface area contributed by atoms with Gasteiger partial charge in [-0.25, -0.2) is 9.79 Å². The zero-order valence-electron chi connectivity index (χ0n) is 15.9. The van der Waals surface area contributed by atoms with Gasteiger partial charge in [-0.1, -0.05) is 11.6 Å². The number of hydrogen-bond donors (Lipinski definition) is 2. The number of rotatable bonds is 5. The number of non-ortho nitro benzene ring substituents is 1. The number of aromatic carboxylic acids is 1. The van der Waals surface area contributed by atoms with Crippen LogP contribution in [-0.2, 0) is 4.79 Å². The molecule has 4 rings (SSSR count). The molecule has 160 valence electrons. The summed E-state index contributed by atoms with van der Waals surface area (Å²) < 4.78 is 5.73. The molecule has 32 heavy (non-hydrogen) atoms. The number of amidine groups is 1. The van der Waals surface area contributed by atoms with Gasteiger partial charge in [-0.3, -0.25) is 14.9 Å². The molecule has 1 fully saturated rings. The van der Waals surface area contributed by atoms with Crippen LogP contribution in [0.25, 0.3) is 17.4 Å². The van der Waals surface area contributed by atoms with Crippen molar-refractivity contribution in [3.8, 4) is 11.3 Å². The van der Waals surface area contributed by atoms with Crippen LogP contribution in [-0.4, -0.2) is 27.1 Å². The van der Waals surface area contributed by atoms with E-state index in [-0.39, 0.29) is 27.3 Å². The van der Waals surface area contributed by atoms with Crippen LogP contribution in [0, 0.1) is 10.1 Å². The fourth-order valence-corrected chi connectivity index (χ4v) is 3.83. The molecule has 1 aliphatic heterocycles. The maximum absolute atomic E-state index is 12.3. The average Bonchev–Trinajstić information content (AvgIpc) is 3.36. The number of nitrogens with one attached hydrogen (secondary N) is 1. The van der Waals surface area contributed by atoms with Crippen molar-refractivity contribution in [2.75, 3.05) is 0 Å². The number of hydrogen-bond acceptors (Lipinski definition) is 7. The minimum atomic E-state index is -1.18. The molecule has 2 heterocycles. The Morgan fingerprint density at radius 3 is 2.62 bits per heavy atom. The maximum atomic E-state index is 12.3. The van der Waals surface area contributed by atoms with Gasteiger partial charge in [0, 0.05) is 23.8 Å². The van der Waals surface area contributed by atoms with Crippen LogP contribution in [0.5, 0.6) is 0 Å². The van der Waals surface area contributed by atoms with Gasteiger partial charge in [0.2, 0.25) is 0 Å². The molecule has 0 radical (unpaired) electrons. The van der Waals surface area contributed by atoms with Gasteiger partial charge in [0.15, 0.2) is 5.17 Å². The van der Waals surface area contributed by atoms with Crippen molar-refractivity contribution in [1.29, 1.82) is 0 Å². The summed E-state index contributed by atoms with van der Waals surface area (Å²) in [4.78, 5) is 38.4. The van der Waals surface area contributed by atoms with Gasteiger partial charge in [0.25, 0.3) is 11.6 Å². The monoisotopic (exact) mass is 469 g/mol. The fraction of sp³-hybridized carbons (Fsp3) is 0. The summed E-state index contributed by atoms with van der Waals surface area (Å²) in [7, 11) is 0. The minimum absolute atomic E-state index is 0.0235. The molecular formula is C21H12ClN3O6S. The molecule has 9 nitrogen and oxygen atoms in total. The second kappa shape index (κ2) is 8.69. The number of nitro benzene ring substituents is 1. The van der Waals surface area contributed by atoms with Crippen LogP contribution in [0.2, 0.25) is 5.02 Å². The Morgan fingerprint density at radius 1 is 1.19 bits per heavy atom. The summed E-state index contributed by atoms with van der Waals surface area (Å²) in [6.07, 6.45) is 1.54. The highest BCUT2D eigenvalue weighted by Gasteiger charge is 2.24. The first-order chi connectivity index (χ1) is 15.3. The lowest BCUT2D eigenvalue weighted by atomic mass is 10.1. The van der Waals surface area contributed by atoms with Crippen molar-refractivity contribution >= 4 is 57.9 Å². The van der Waals surface area contributed by atoms with Crippen molar-refractivity contribution in [3.63, 3.8) is 0 Å². The van der Waals surface area contributed by atoms with Gasteiger partial charge in [-0.05, 0) is 54.2 Å². The molecule has 3 aromatic rings. The third-order valence-corrected chi connectivity index (χ3v) is 5.56.